The van der Waals surface area contributed by atoms with Crippen LogP contribution in [0.4, 0.5) is 5.69 Å². The largest absolute Gasteiger partial charge is 0.506 e. The van der Waals surface area contributed by atoms with Crippen LogP contribution in [0.25, 0.3) is 6.08 Å². The fourth-order valence-corrected chi connectivity index (χ4v) is 4.76. The highest BCUT2D eigenvalue weighted by atomic mass is 79.9. The standard InChI is InChI=1S/C19H14Br2N2O4S/c1-2-23-17(25)15(9-10-7-13(20)16(24)14(21)8-10)28-19(23)22-12-5-3-11(4-6-12)18(26)27/h3-9,24H,2H2,1H3,(H,26,27)/b15-9-,22-19?. The molecule has 1 aliphatic heterocycles. The zero-order valence-corrected chi connectivity index (χ0v) is 18.5. The zero-order chi connectivity index (χ0) is 20.4. The van der Waals surface area contributed by atoms with E-state index in [1.165, 1.54) is 23.9 Å². The molecule has 1 fully saturated rings. The third kappa shape index (κ3) is 4.31. The fraction of sp³-hybridized carbons (Fsp3) is 0.105. The zero-order valence-electron chi connectivity index (χ0n) is 14.5. The van der Waals surface area contributed by atoms with Crippen LogP contribution in [0.2, 0.25) is 0 Å². The van der Waals surface area contributed by atoms with Crippen molar-refractivity contribution in [1.29, 1.82) is 0 Å². The lowest BCUT2D eigenvalue weighted by Crippen LogP contribution is -2.28. The average Bonchev–Trinajstić information content (AvgIpc) is 2.94. The molecule has 0 unspecified atom stereocenters. The molecule has 144 valence electrons. The molecule has 9 heteroatoms. The number of thioether (sulfide) groups is 1. The van der Waals surface area contributed by atoms with Crippen molar-refractivity contribution in [3.63, 3.8) is 0 Å². The number of carboxylic acids is 1. The fourth-order valence-electron chi connectivity index (χ4n) is 2.48. The van der Waals surface area contributed by atoms with E-state index in [1.54, 1.807) is 35.2 Å². The Balaban J connectivity index is 1.93. The smallest absolute Gasteiger partial charge is 0.335 e. The second kappa shape index (κ2) is 8.50. The number of hydrogen-bond acceptors (Lipinski definition) is 5. The highest BCUT2D eigenvalue weighted by Crippen LogP contribution is 2.37. The molecule has 0 aromatic heterocycles. The third-order valence-corrected chi connectivity index (χ3v) is 6.10. The summed E-state index contributed by atoms with van der Waals surface area (Å²) in [6.45, 7) is 2.32. The first-order valence-corrected chi connectivity index (χ1v) is 10.5. The molecule has 1 aliphatic rings. The highest BCUT2D eigenvalue weighted by molar-refractivity contribution is 9.11. The number of amidine groups is 1. The lowest BCUT2D eigenvalue weighted by molar-refractivity contribution is -0.122. The van der Waals surface area contributed by atoms with Crippen LogP contribution >= 0.6 is 43.6 Å². The van der Waals surface area contributed by atoms with Gasteiger partial charge in [0.25, 0.3) is 5.91 Å². The summed E-state index contributed by atoms with van der Waals surface area (Å²) >= 11 is 7.81. The minimum Gasteiger partial charge on any atom is -0.506 e. The number of carbonyl (C=O) groups is 2. The van der Waals surface area contributed by atoms with Crippen LogP contribution in [0.3, 0.4) is 0 Å². The number of nitrogens with zero attached hydrogens (tertiary/aromatic N) is 2. The van der Waals surface area contributed by atoms with Crippen molar-refractivity contribution in [1.82, 2.24) is 4.90 Å². The van der Waals surface area contributed by atoms with Gasteiger partial charge in [-0.05, 0) is 98.6 Å². The van der Waals surface area contributed by atoms with Gasteiger partial charge >= 0.3 is 5.97 Å². The van der Waals surface area contributed by atoms with Gasteiger partial charge in [-0.1, -0.05) is 0 Å². The number of benzene rings is 2. The van der Waals surface area contributed by atoms with Crippen LogP contribution < -0.4 is 0 Å². The van der Waals surface area contributed by atoms with Gasteiger partial charge in [0.1, 0.15) is 5.75 Å². The number of carbonyl (C=O) groups excluding carboxylic acids is 1. The molecular formula is C19H14Br2N2O4S. The number of amides is 1. The first-order valence-electron chi connectivity index (χ1n) is 8.11. The molecule has 1 heterocycles. The van der Waals surface area contributed by atoms with Crippen LogP contribution in [0.5, 0.6) is 5.75 Å². The predicted octanol–water partition coefficient (Wildman–Crippen LogP) is 5.24. The van der Waals surface area contributed by atoms with Gasteiger partial charge in [-0.15, -0.1) is 0 Å². The summed E-state index contributed by atoms with van der Waals surface area (Å²) < 4.78 is 1.04. The molecule has 0 bridgehead atoms. The van der Waals surface area contributed by atoms with Gasteiger partial charge in [-0.2, -0.15) is 0 Å². The number of likely N-dealkylation sites (N-methyl/N-ethyl adjacent to an activating group) is 1. The van der Waals surface area contributed by atoms with Crippen molar-refractivity contribution in [3.05, 3.63) is 61.4 Å². The summed E-state index contributed by atoms with van der Waals surface area (Å²) in [6.07, 6.45) is 1.74. The molecule has 0 saturated carbocycles. The molecule has 0 spiro atoms. The number of phenolic OH excluding ortho intramolecular Hbond substituents is 1. The van der Waals surface area contributed by atoms with E-state index in [1.807, 2.05) is 6.92 Å². The van der Waals surface area contributed by atoms with Crippen molar-refractivity contribution in [2.45, 2.75) is 6.92 Å². The summed E-state index contributed by atoms with van der Waals surface area (Å²) in [4.78, 5) is 30.3. The normalized spacial score (nSPS) is 17.0. The van der Waals surface area contributed by atoms with E-state index < -0.39 is 5.97 Å². The Morgan fingerprint density at radius 2 is 1.82 bits per heavy atom. The van der Waals surface area contributed by atoms with Crippen LogP contribution in [0.1, 0.15) is 22.8 Å². The van der Waals surface area contributed by atoms with Crippen molar-refractivity contribution in [2.75, 3.05) is 6.54 Å². The number of halogens is 2. The molecule has 28 heavy (non-hydrogen) atoms. The summed E-state index contributed by atoms with van der Waals surface area (Å²) in [6, 6.07) is 9.59. The molecule has 0 atom stereocenters. The molecule has 0 radical (unpaired) electrons. The van der Waals surface area contributed by atoms with Gasteiger partial charge < -0.3 is 10.2 Å². The maximum absolute atomic E-state index is 12.7. The van der Waals surface area contributed by atoms with E-state index >= 15 is 0 Å². The van der Waals surface area contributed by atoms with Gasteiger partial charge in [0.15, 0.2) is 5.17 Å². The number of carboxylic acid groups (broad SMARTS) is 1. The van der Waals surface area contributed by atoms with Gasteiger partial charge in [-0.3, -0.25) is 9.69 Å². The summed E-state index contributed by atoms with van der Waals surface area (Å²) in [7, 11) is 0. The third-order valence-electron chi connectivity index (χ3n) is 3.88. The van der Waals surface area contributed by atoms with Gasteiger partial charge in [-0.25, -0.2) is 9.79 Å². The number of rotatable bonds is 4. The minimum absolute atomic E-state index is 0.0924. The molecule has 2 aromatic carbocycles. The molecule has 0 aliphatic carbocycles. The monoisotopic (exact) mass is 524 g/mol. The van der Waals surface area contributed by atoms with Gasteiger partial charge in [0.2, 0.25) is 0 Å². The molecule has 1 saturated heterocycles. The first-order chi connectivity index (χ1) is 13.3. The van der Waals surface area contributed by atoms with E-state index in [0.29, 0.717) is 31.3 Å². The Bertz CT molecular complexity index is 996. The van der Waals surface area contributed by atoms with Gasteiger partial charge in [0, 0.05) is 6.54 Å². The van der Waals surface area contributed by atoms with Crippen LogP contribution in [0, 0.1) is 0 Å². The molecule has 3 rings (SSSR count). The Morgan fingerprint density at radius 3 is 2.36 bits per heavy atom. The highest BCUT2D eigenvalue weighted by Gasteiger charge is 2.32. The van der Waals surface area contributed by atoms with Crippen LogP contribution in [-0.4, -0.2) is 38.7 Å². The number of aliphatic imine (C=N–C) groups is 1. The summed E-state index contributed by atoms with van der Waals surface area (Å²) in [5.74, 6) is -1.07. The molecule has 2 N–H and O–H groups in total. The van der Waals surface area contributed by atoms with Crippen LogP contribution in [-0.2, 0) is 4.79 Å². The van der Waals surface area contributed by atoms with Crippen molar-refractivity contribution in [2.24, 2.45) is 4.99 Å². The predicted molar refractivity (Wildman–Crippen MR) is 117 cm³/mol. The summed E-state index contributed by atoms with van der Waals surface area (Å²) in [5, 5.41) is 19.3. The Kier molecular flexibility index (Phi) is 6.26. The van der Waals surface area contributed by atoms with E-state index in [2.05, 4.69) is 36.9 Å². The van der Waals surface area contributed by atoms with Crippen molar-refractivity contribution < 1.29 is 19.8 Å². The van der Waals surface area contributed by atoms with E-state index in [-0.39, 0.29) is 17.2 Å². The Hall–Kier alpha value is -2.10. The Labute approximate surface area is 182 Å². The Morgan fingerprint density at radius 1 is 1.21 bits per heavy atom. The first kappa shape index (κ1) is 20.6. The number of aromatic carboxylic acids is 1. The maximum atomic E-state index is 12.7. The summed E-state index contributed by atoms with van der Waals surface area (Å²) in [5.41, 5.74) is 1.49. The maximum Gasteiger partial charge on any atom is 0.335 e. The van der Waals surface area contributed by atoms with E-state index in [9.17, 15) is 14.7 Å². The lowest BCUT2D eigenvalue weighted by Gasteiger charge is -2.12. The second-order valence-electron chi connectivity index (χ2n) is 5.74. The lowest BCUT2D eigenvalue weighted by atomic mass is 10.2. The minimum atomic E-state index is -1.00. The number of phenols is 1. The quantitative estimate of drug-likeness (QED) is 0.533. The van der Waals surface area contributed by atoms with Crippen molar-refractivity contribution in [3.8, 4) is 5.75 Å². The second-order valence-corrected chi connectivity index (χ2v) is 8.46. The SMILES string of the molecule is CCN1C(=O)/C(=C/c2cc(Br)c(O)c(Br)c2)SC1=Nc1ccc(C(=O)O)cc1. The van der Waals surface area contributed by atoms with E-state index in [4.69, 9.17) is 5.11 Å². The average molecular weight is 526 g/mol. The van der Waals surface area contributed by atoms with E-state index in [0.717, 1.165) is 5.56 Å². The van der Waals surface area contributed by atoms with Crippen LogP contribution in [0.15, 0.2) is 55.2 Å². The topological polar surface area (TPSA) is 90.2 Å². The van der Waals surface area contributed by atoms with Crippen molar-refractivity contribution >= 4 is 72.4 Å². The van der Waals surface area contributed by atoms with Gasteiger partial charge in [0.05, 0.1) is 25.1 Å². The number of aromatic hydroxyl groups is 1. The molecule has 2 aromatic rings. The molecular weight excluding hydrogens is 512 g/mol. The molecule has 1 amide bonds. The molecule has 6 nitrogen and oxygen atoms in total. The number of hydrogen-bond donors (Lipinski definition) is 2.